The molecule has 178 valence electrons. The van der Waals surface area contributed by atoms with Crippen molar-refractivity contribution >= 4 is 10.8 Å². The lowest BCUT2D eigenvalue weighted by Gasteiger charge is -2.55. The molecule has 4 N–H and O–H groups in total. The topological polar surface area (TPSA) is 103 Å². The molecule has 9 atom stereocenters. The van der Waals surface area contributed by atoms with Crippen LogP contribution in [0.4, 0.5) is 0 Å². The molecule has 1 aromatic carbocycles. The van der Waals surface area contributed by atoms with Gasteiger partial charge >= 0.3 is 0 Å². The van der Waals surface area contributed by atoms with E-state index in [1.54, 1.807) is 6.20 Å². The van der Waals surface area contributed by atoms with Gasteiger partial charge in [-0.2, -0.15) is 0 Å². The van der Waals surface area contributed by atoms with Crippen molar-refractivity contribution in [2.45, 2.75) is 80.6 Å². The molecule has 2 unspecified atom stereocenters. The summed E-state index contributed by atoms with van der Waals surface area (Å²) in [6, 6.07) is 8.44. The number of aliphatic hydroxyl groups is 4. The fraction of sp³-hybridized carbons (Fsp3) is 0.536. The van der Waals surface area contributed by atoms with Crippen LogP contribution in [0.15, 0.2) is 60.0 Å². The summed E-state index contributed by atoms with van der Waals surface area (Å²) in [4.78, 5) is 4.28. The van der Waals surface area contributed by atoms with Gasteiger partial charge in [-0.1, -0.05) is 31.2 Å². The second-order valence-electron chi connectivity index (χ2n) is 11.5. The first-order chi connectivity index (χ1) is 16.3. The van der Waals surface area contributed by atoms with E-state index in [1.165, 1.54) is 0 Å². The van der Waals surface area contributed by atoms with E-state index in [4.69, 9.17) is 4.74 Å². The van der Waals surface area contributed by atoms with E-state index in [0.29, 0.717) is 24.8 Å². The predicted molar refractivity (Wildman–Crippen MR) is 126 cm³/mol. The van der Waals surface area contributed by atoms with Crippen molar-refractivity contribution in [2.75, 3.05) is 0 Å². The molecule has 34 heavy (non-hydrogen) atoms. The largest absolute Gasteiger partial charge is 0.392 e. The highest BCUT2D eigenvalue weighted by molar-refractivity contribution is 5.82. The second-order valence-corrected chi connectivity index (χ2v) is 11.5. The molecule has 0 amide bonds. The number of benzene rings is 1. The number of nitrogens with zero attached hydrogens (tertiary/aromatic N) is 1. The van der Waals surface area contributed by atoms with Gasteiger partial charge in [0, 0.05) is 36.0 Å². The summed E-state index contributed by atoms with van der Waals surface area (Å²) in [6.45, 7) is 2.29. The van der Waals surface area contributed by atoms with Gasteiger partial charge in [0.1, 0.15) is 12.2 Å². The van der Waals surface area contributed by atoms with Gasteiger partial charge in [0.2, 0.25) is 0 Å². The molecule has 7 rings (SSSR count). The van der Waals surface area contributed by atoms with Gasteiger partial charge in [0.05, 0.1) is 23.4 Å². The van der Waals surface area contributed by atoms with Gasteiger partial charge in [-0.05, 0) is 65.3 Å². The maximum absolute atomic E-state index is 11.5. The SMILES string of the molecule is C[C@]12CC=C3C=C4[C@H](O)[C@H](O)[C@@H](O)C[C@]45CCC3(O5)[C@@H]1C[C@@H](O)C2c1ccc2ccncc2c1. The molecule has 1 saturated heterocycles. The lowest BCUT2D eigenvalue weighted by molar-refractivity contribution is -0.176. The Labute approximate surface area is 198 Å². The van der Waals surface area contributed by atoms with Crippen LogP contribution < -0.4 is 0 Å². The molecule has 3 heterocycles. The fourth-order valence-electron chi connectivity index (χ4n) is 8.34. The Morgan fingerprint density at radius 3 is 2.74 bits per heavy atom. The van der Waals surface area contributed by atoms with E-state index in [9.17, 15) is 20.4 Å². The molecule has 0 radical (unpaired) electrons. The van der Waals surface area contributed by atoms with Crippen LogP contribution in [0.25, 0.3) is 10.8 Å². The smallest absolute Gasteiger partial charge is 0.110 e. The Kier molecular flexibility index (Phi) is 4.22. The summed E-state index contributed by atoms with van der Waals surface area (Å²) >= 11 is 0. The Morgan fingerprint density at radius 1 is 1.03 bits per heavy atom. The maximum Gasteiger partial charge on any atom is 0.110 e. The fourth-order valence-corrected chi connectivity index (χ4v) is 8.34. The molecule has 3 aliphatic carbocycles. The van der Waals surface area contributed by atoms with E-state index < -0.39 is 35.6 Å². The third-order valence-electron chi connectivity index (χ3n) is 9.90. The number of fused-ring (bicyclic) bond motifs is 2. The van der Waals surface area contributed by atoms with E-state index in [-0.39, 0.29) is 17.3 Å². The number of hydrogen-bond acceptors (Lipinski definition) is 6. The molecular weight excluding hydrogens is 430 g/mol. The Morgan fingerprint density at radius 2 is 1.88 bits per heavy atom. The van der Waals surface area contributed by atoms with E-state index >= 15 is 0 Å². The zero-order valence-electron chi connectivity index (χ0n) is 19.3. The summed E-state index contributed by atoms with van der Waals surface area (Å²) in [6.07, 6.45) is 7.37. The molecule has 6 nitrogen and oxygen atoms in total. The van der Waals surface area contributed by atoms with Crippen molar-refractivity contribution in [1.29, 1.82) is 0 Å². The Hall–Kier alpha value is -2.09. The molecule has 2 aromatic rings. The summed E-state index contributed by atoms with van der Waals surface area (Å²) in [5.74, 6) is 0.0899. The molecular formula is C28H31NO5. The van der Waals surface area contributed by atoms with Crippen molar-refractivity contribution < 1.29 is 25.2 Å². The number of pyridine rings is 1. The lowest BCUT2D eigenvalue weighted by Crippen LogP contribution is -2.59. The summed E-state index contributed by atoms with van der Waals surface area (Å²) in [7, 11) is 0. The molecule has 2 bridgehead atoms. The Bertz CT molecular complexity index is 1260. The molecule has 2 aliphatic heterocycles. The molecule has 5 aliphatic rings. The number of rotatable bonds is 1. The zero-order valence-corrected chi connectivity index (χ0v) is 19.3. The van der Waals surface area contributed by atoms with Crippen LogP contribution in [0, 0.1) is 11.3 Å². The van der Waals surface area contributed by atoms with Crippen molar-refractivity contribution in [3.63, 3.8) is 0 Å². The van der Waals surface area contributed by atoms with Crippen LogP contribution in [0.5, 0.6) is 0 Å². The van der Waals surface area contributed by atoms with Crippen LogP contribution in [-0.4, -0.2) is 61.0 Å². The van der Waals surface area contributed by atoms with E-state index in [1.807, 2.05) is 18.3 Å². The van der Waals surface area contributed by atoms with Gasteiger partial charge in [-0.15, -0.1) is 0 Å². The van der Waals surface area contributed by atoms with E-state index in [2.05, 4.69) is 36.2 Å². The van der Waals surface area contributed by atoms with Crippen molar-refractivity contribution in [3.8, 4) is 0 Å². The highest BCUT2D eigenvalue weighted by Crippen LogP contribution is 2.69. The first kappa shape index (κ1) is 21.2. The minimum atomic E-state index is -1.19. The molecule has 3 fully saturated rings. The van der Waals surface area contributed by atoms with Crippen LogP contribution >= 0.6 is 0 Å². The van der Waals surface area contributed by atoms with Gasteiger partial charge in [-0.25, -0.2) is 0 Å². The lowest BCUT2D eigenvalue weighted by atomic mass is 9.58. The van der Waals surface area contributed by atoms with E-state index in [0.717, 1.165) is 34.8 Å². The normalized spacial score (nSPS) is 47.0. The average Bonchev–Trinajstić information content (AvgIpc) is 3.29. The molecule has 2 saturated carbocycles. The highest BCUT2D eigenvalue weighted by Gasteiger charge is 2.69. The van der Waals surface area contributed by atoms with Crippen LogP contribution in [0.3, 0.4) is 0 Å². The maximum atomic E-state index is 11.5. The minimum absolute atomic E-state index is 0.0239. The van der Waals surface area contributed by atoms with Gasteiger partial charge in [0.25, 0.3) is 0 Å². The molecule has 2 spiro atoms. The number of allylic oxidation sites excluding steroid dienone is 1. The number of ether oxygens (including phenoxy) is 1. The van der Waals surface area contributed by atoms with Gasteiger partial charge in [0.15, 0.2) is 0 Å². The molecule has 1 aromatic heterocycles. The second kappa shape index (κ2) is 6.77. The summed E-state index contributed by atoms with van der Waals surface area (Å²) in [5.41, 5.74) is 1.43. The van der Waals surface area contributed by atoms with Crippen molar-refractivity contribution in [2.24, 2.45) is 11.3 Å². The van der Waals surface area contributed by atoms with Crippen LogP contribution in [-0.2, 0) is 4.74 Å². The standard InChI is InChI=1S/C28H31NO5/c1-26-6-4-18-11-19-24(32)25(33)21(31)13-27(19)7-8-28(18,34-27)22(26)12-20(30)23(26)16-3-2-15-5-9-29-14-17(15)10-16/h2-5,9-11,14,20-25,30-33H,6-8,12-13H2,1H3/t20-,21+,22-,23?,24+,25-,26+,27-,28?/m1/s1. The first-order valence-corrected chi connectivity index (χ1v) is 12.5. The van der Waals surface area contributed by atoms with Gasteiger partial charge < -0.3 is 25.2 Å². The summed E-state index contributed by atoms with van der Waals surface area (Å²) in [5, 5.41) is 45.2. The highest BCUT2D eigenvalue weighted by atomic mass is 16.5. The van der Waals surface area contributed by atoms with Crippen molar-refractivity contribution in [1.82, 2.24) is 4.98 Å². The molecule has 6 heteroatoms. The predicted octanol–water partition coefficient (Wildman–Crippen LogP) is 2.75. The number of aromatic nitrogens is 1. The van der Waals surface area contributed by atoms with Crippen LogP contribution in [0.2, 0.25) is 0 Å². The summed E-state index contributed by atoms with van der Waals surface area (Å²) < 4.78 is 6.96. The minimum Gasteiger partial charge on any atom is -0.392 e. The third kappa shape index (κ3) is 2.50. The average molecular weight is 462 g/mol. The zero-order chi connectivity index (χ0) is 23.5. The van der Waals surface area contributed by atoms with Crippen LogP contribution in [0.1, 0.15) is 50.5 Å². The van der Waals surface area contributed by atoms with Gasteiger partial charge in [-0.3, -0.25) is 4.98 Å². The Balaban J connectivity index is 1.33. The monoisotopic (exact) mass is 461 g/mol. The number of aliphatic hydroxyl groups excluding tert-OH is 4. The first-order valence-electron chi connectivity index (χ1n) is 12.5. The number of hydrogen-bond donors (Lipinski definition) is 4. The third-order valence-corrected chi connectivity index (χ3v) is 9.90. The quantitative estimate of drug-likeness (QED) is 0.521. The van der Waals surface area contributed by atoms with Crippen molar-refractivity contribution in [3.05, 3.63) is 65.5 Å².